The number of carbonyl (C=O) groups is 2. The zero-order valence-electron chi connectivity index (χ0n) is 18.7. The van der Waals surface area contributed by atoms with Gasteiger partial charge in [-0.05, 0) is 79.7 Å². The lowest BCUT2D eigenvalue weighted by molar-refractivity contribution is 0.0976. The lowest BCUT2D eigenvalue weighted by Gasteiger charge is -2.12. The van der Waals surface area contributed by atoms with Gasteiger partial charge in [-0.1, -0.05) is 37.6 Å². The van der Waals surface area contributed by atoms with Gasteiger partial charge in [0, 0.05) is 22.5 Å². The average molecular weight is 462 g/mol. The molecule has 0 fully saturated rings. The molecule has 33 heavy (non-hydrogen) atoms. The molecule has 0 unspecified atom stereocenters. The molecule has 3 rings (SSSR count). The minimum Gasteiger partial charge on any atom is -0.494 e. The van der Waals surface area contributed by atoms with Crippen molar-refractivity contribution in [3.8, 4) is 5.75 Å². The first-order chi connectivity index (χ1) is 16.0. The molecule has 0 bridgehead atoms. The van der Waals surface area contributed by atoms with Crippen molar-refractivity contribution in [1.29, 1.82) is 0 Å². The zero-order valence-corrected chi connectivity index (χ0v) is 19.5. The van der Waals surface area contributed by atoms with Crippen LogP contribution in [0.1, 0.15) is 46.0 Å². The van der Waals surface area contributed by atoms with Gasteiger partial charge >= 0.3 is 0 Å². The third-order valence-corrected chi connectivity index (χ3v) is 5.08. The van der Waals surface area contributed by atoms with Gasteiger partial charge in [-0.2, -0.15) is 0 Å². The van der Waals surface area contributed by atoms with Gasteiger partial charge in [0.15, 0.2) is 5.11 Å². The molecule has 0 radical (unpaired) electrons. The Kier molecular flexibility index (Phi) is 8.55. The molecule has 2 amide bonds. The Labute approximate surface area is 199 Å². The van der Waals surface area contributed by atoms with Crippen molar-refractivity contribution in [3.05, 3.63) is 89.5 Å². The molecule has 3 N–H and O–H groups in total. The van der Waals surface area contributed by atoms with E-state index < -0.39 is 0 Å². The van der Waals surface area contributed by atoms with Crippen molar-refractivity contribution < 1.29 is 14.3 Å². The number of carbonyl (C=O) groups excluding carboxylic acids is 2. The van der Waals surface area contributed by atoms with E-state index in [4.69, 9.17) is 17.0 Å². The summed E-state index contributed by atoms with van der Waals surface area (Å²) in [4.78, 5) is 25.0. The van der Waals surface area contributed by atoms with Gasteiger partial charge in [0.25, 0.3) is 11.8 Å². The molecule has 6 nitrogen and oxygen atoms in total. The maximum Gasteiger partial charge on any atom is 0.257 e. The fraction of sp³-hybridized carbons (Fsp3) is 0.192. The van der Waals surface area contributed by atoms with Crippen LogP contribution < -0.4 is 20.7 Å². The number of hydrogen-bond donors (Lipinski definition) is 3. The Morgan fingerprint density at radius 2 is 1.58 bits per heavy atom. The minimum atomic E-state index is -0.323. The monoisotopic (exact) mass is 461 g/mol. The van der Waals surface area contributed by atoms with Gasteiger partial charge in [0.05, 0.1) is 6.61 Å². The second kappa shape index (κ2) is 11.8. The maximum atomic E-state index is 12.5. The highest BCUT2D eigenvalue weighted by molar-refractivity contribution is 7.80. The summed E-state index contributed by atoms with van der Waals surface area (Å²) in [6.45, 7) is 4.65. The summed E-state index contributed by atoms with van der Waals surface area (Å²) in [6, 6.07) is 21.4. The molecule has 0 aromatic heterocycles. The highest BCUT2D eigenvalue weighted by atomic mass is 32.1. The van der Waals surface area contributed by atoms with Crippen molar-refractivity contribution in [2.45, 2.75) is 26.7 Å². The van der Waals surface area contributed by atoms with Gasteiger partial charge in [-0.15, -0.1) is 0 Å². The number of thiocarbonyl (C=S) groups is 1. The summed E-state index contributed by atoms with van der Waals surface area (Å²) < 4.78 is 5.61. The van der Waals surface area contributed by atoms with E-state index >= 15 is 0 Å². The van der Waals surface area contributed by atoms with Crippen molar-refractivity contribution in [2.75, 3.05) is 17.2 Å². The number of ether oxygens (including phenoxy) is 1. The van der Waals surface area contributed by atoms with E-state index in [2.05, 4.69) is 22.9 Å². The highest BCUT2D eigenvalue weighted by Gasteiger charge is 2.11. The van der Waals surface area contributed by atoms with E-state index in [1.54, 1.807) is 54.6 Å². The number of benzene rings is 3. The Balaban J connectivity index is 1.55. The minimum absolute atomic E-state index is 0.158. The molecule has 0 saturated heterocycles. The molecule has 0 aliphatic carbocycles. The van der Waals surface area contributed by atoms with Gasteiger partial charge in [-0.25, -0.2) is 0 Å². The topological polar surface area (TPSA) is 79.5 Å². The molecule has 0 spiro atoms. The molecule has 170 valence electrons. The van der Waals surface area contributed by atoms with Crippen molar-refractivity contribution >= 4 is 40.5 Å². The van der Waals surface area contributed by atoms with Gasteiger partial charge in [0.2, 0.25) is 0 Å². The number of nitrogens with one attached hydrogen (secondary N) is 3. The molecule has 3 aromatic rings. The molecule has 0 aliphatic heterocycles. The summed E-state index contributed by atoms with van der Waals surface area (Å²) in [6.07, 6.45) is 2.05. The smallest absolute Gasteiger partial charge is 0.257 e. The Hall–Kier alpha value is -3.71. The number of hydrogen-bond acceptors (Lipinski definition) is 4. The number of anilines is 2. The molecule has 0 heterocycles. The van der Waals surface area contributed by atoms with E-state index in [0.717, 1.165) is 24.2 Å². The first-order valence-electron chi connectivity index (χ1n) is 10.8. The van der Waals surface area contributed by atoms with E-state index in [9.17, 15) is 9.59 Å². The normalized spacial score (nSPS) is 10.2. The Morgan fingerprint density at radius 1 is 0.879 bits per heavy atom. The van der Waals surface area contributed by atoms with E-state index in [-0.39, 0.29) is 16.9 Å². The van der Waals surface area contributed by atoms with Crippen LogP contribution in [-0.2, 0) is 0 Å². The number of amides is 2. The third-order valence-electron chi connectivity index (χ3n) is 4.88. The van der Waals surface area contributed by atoms with Crippen LogP contribution in [0.25, 0.3) is 0 Å². The van der Waals surface area contributed by atoms with Crippen LogP contribution in [0.4, 0.5) is 11.4 Å². The molecular weight excluding hydrogens is 434 g/mol. The van der Waals surface area contributed by atoms with Crippen LogP contribution in [0, 0.1) is 6.92 Å². The third kappa shape index (κ3) is 7.15. The van der Waals surface area contributed by atoms with Gasteiger partial charge in [-0.3, -0.25) is 14.9 Å². The highest BCUT2D eigenvalue weighted by Crippen LogP contribution is 2.17. The SMILES string of the molecule is CCCCOc1ccc(C(=O)NC(=S)Nc2cccc(NC(=O)c3ccccc3C)c2)cc1. The fourth-order valence-electron chi connectivity index (χ4n) is 3.08. The van der Waals surface area contributed by atoms with Crippen LogP contribution in [0.5, 0.6) is 5.75 Å². The molecule has 0 atom stereocenters. The molecule has 3 aromatic carbocycles. The molecule has 7 heteroatoms. The predicted octanol–water partition coefficient (Wildman–Crippen LogP) is 5.55. The Bertz CT molecular complexity index is 1130. The Morgan fingerprint density at radius 3 is 2.27 bits per heavy atom. The van der Waals surface area contributed by atoms with Gasteiger partial charge < -0.3 is 15.4 Å². The van der Waals surface area contributed by atoms with Crippen molar-refractivity contribution in [3.63, 3.8) is 0 Å². The number of rotatable bonds is 8. The maximum absolute atomic E-state index is 12.5. The fourth-order valence-corrected chi connectivity index (χ4v) is 3.29. The first-order valence-corrected chi connectivity index (χ1v) is 11.2. The first kappa shape index (κ1) is 23.9. The zero-order chi connectivity index (χ0) is 23.6. The second-order valence-electron chi connectivity index (χ2n) is 7.48. The van der Waals surface area contributed by atoms with E-state index in [0.29, 0.717) is 29.1 Å². The lowest BCUT2D eigenvalue weighted by Crippen LogP contribution is -2.34. The summed E-state index contributed by atoms with van der Waals surface area (Å²) in [7, 11) is 0. The standard InChI is InChI=1S/C26H27N3O3S/c1-3-4-16-32-22-14-12-19(13-15-22)24(30)29-26(33)28-21-10-7-9-20(17-21)27-25(31)23-11-6-5-8-18(23)2/h5-15,17H,3-4,16H2,1-2H3,(H,27,31)(H2,28,29,30,33). The number of aryl methyl sites for hydroxylation is 1. The quantitative estimate of drug-likeness (QED) is 0.303. The van der Waals surface area contributed by atoms with Crippen molar-refractivity contribution in [1.82, 2.24) is 5.32 Å². The summed E-state index contributed by atoms with van der Waals surface area (Å²) >= 11 is 5.28. The van der Waals surface area contributed by atoms with Crippen molar-refractivity contribution in [2.24, 2.45) is 0 Å². The van der Waals surface area contributed by atoms with Gasteiger partial charge in [0.1, 0.15) is 5.75 Å². The van der Waals surface area contributed by atoms with Crippen LogP contribution in [-0.4, -0.2) is 23.5 Å². The second-order valence-corrected chi connectivity index (χ2v) is 7.89. The molecule has 0 aliphatic rings. The van der Waals surface area contributed by atoms with Crippen LogP contribution in [0.3, 0.4) is 0 Å². The van der Waals surface area contributed by atoms with Crippen LogP contribution >= 0.6 is 12.2 Å². The number of unbranched alkanes of at least 4 members (excludes halogenated alkanes) is 1. The summed E-state index contributed by atoms with van der Waals surface area (Å²) in [5.74, 6) is 0.213. The van der Waals surface area contributed by atoms with Crippen LogP contribution in [0.15, 0.2) is 72.8 Å². The van der Waals surface area contributed by atoms with Crippen LogP contribution in [0.2, 0.25) is 0 Å². The largest absolute Gasteiger partial charge is 0.494 e. The molecule has 0 saturated carbocycles. The summed E-state index contributed by atoms with van der Waals surface area (Å²) in [5, 5.41) is 8.68. The average Bonchev–Trinajstić information content (AvgIpc) is 2.80. The summed E-state index contributed by atoms with van der Waals surface area (Å²) in [5.41, 5.74) is 3.24. The predicted molar refractivity (Wildman–Crippen MR) is 136 cm³/mol. The van der Waals surface area contributed by atoms with E-state index in [1.807, 2.05) is 25.1 Å². The molecular formula is C26H27N3O3S. The lowest BCUT2D eigenvalue weighted by atomic mass is 10.1. The van der Waals surface area contributed by atoms with E-state index in [1.165, 1.54) is 0 Å².